The van der Waals surface area contributed by atoms with Crippen molar-refractivity contribution in [3.8, 4) is 11.5 Å². The molecule has 0 aliphatic heterocycles. The number of carbonyl (C=O) groups excluding carboxylic acids is 1. The lowest BCUT2D eigenvalue weighted by molar-refractivity contribution is -0.118. The number of hydrogen-bond acceptors (Lipinski definition) is 5. The van der Waals surface area contributed by atoms with E-state index >= 15 is 0 Å². The Labute approximate surface area is 153 Å². The van der Waals surface area contributed by atoms with Gasteiger partial charge in [0.25, 0.3) is 5.91 Å². The van der Waals surface area contributed by atoms with E-state index in [0.29, 0.717) is 23.8 Å². The van der Waals surface area contributed by atoms with Gasteiger partial charge in [0.2, 0.25) is 10.0 Å². The molecule has 0 aliphatic carbocycles. The molecule has 0 bridgehead atoms. The summed E-state index contributed by atoms with van der Waals surface area (Å²) in [5, 5.41) is 2.63. The fourth-order valence-corrected chi connectivity index (χ4v) is 3.08. The summed E-state index contributed by atoms with van der Waals surface area (Å²) < 4.78 is 36.4. The van der Waals surface area contributed by atoms with Crippen molar-refractivity contribution in [1.82, 2.24) is 4.31 Å². The Morgan fingerprint density at radius 2 is 1.69 bits per heavy atom. The molecule has 0 radical (unpaired) electrons. The molecule has 0 unspecified atom stereocenters. The molecule has 0 spiro atoms. The predicted octanol–water partition coefficient (Wildman–Crippen LogP) is 2.35. The van der Waals surface area contributed by atoms with Crippen LogP contribution in [0.15, 0.2) is 53.4 Å². The zero-order valence-electron chi connectivity index (χ0n) is 14.9. The molecule has 0 saturated heterocycles. The molecule has 2 aromatic carbocycles. The number of sulfonamides is 1. The lowest BCUT2D eigenvalue weighted by Crippen LogP contribution is -2.23. The molecule has 0 aliphatic rings. The van der Waals surface area contributed by atoms with Crippen LogP contribution in [0.2, 0.25) is 0 Å². The maximum absolute atomic E-state index is 12.2. The lowest BCUT2D eigenvalue weighted by atomic mass is 10.3. The molecule has 140 valence electrons. The van der Waals surface area contributed by atoms with Gasteiger partial charge in [0, 0.05) is 19.8 Å². The van der Waals surface area contributed by atoms with Crippen LogP contribution in [0.25, 0.3) is 0 Å². The second kappa shape index (κ2) is 8.68. The Balaban J connectivity index is 2.03. The molecular formula is C18H22N2O5S. The molecular weight excluding hydrogens is 356 g/mol. The van der Waals surface area contributed by atoms with Gasteiger partial charge in [0.15, 0.2) is 18.1 Å². The summed E-state index contributed by atoms with van der Waals surface area (Å²) in [6, 6.07) is 13.1. The Bertz CT molecular complexity index is 865. The molecule has 2 rings (SSSR count). The number of para-hydroxylation sites is 2. The van der Waals surface area contributed by atoms with E-state index in [1.165, 1.54) is 26.2 Å². The predicted molar refractivity (Wildman–Crippen MR) is 99.1 cm³/mol. The lowest BCUT2D eigenvalue weighted by Gasteiger charge is -2.13. The summed E-state index contributed by atoms with van der Waals surface area (Å²) >= 11 is 0. The van der Waals surface area contributed by atoms with Crippen LogP contribution >= 0.6 is 0 Å². The zero-order valence-corrected chi connectivity index (χ0v) is 15.7. The largest absolute Gasteiger partial charge is 0.490 e. The average molecular weight is 378 g/mol. The van der Waals surface area contributed by atoms with Gasteiger partial charge in [0.05, 0.1) is 11.5 Å². The summed E-state index contributed by atoms with van der Waals surface area (Å²) in [5.41, 5.74) is 0.375. The minimum Gasteiger partial charge on any atom is -0.490 e. The number of carbonyl (C=O) groups is 1. The van der Waals surface area contributed by atoms with E-state index in [1.807, 2.05) is 13.0 Å². The monoisotopic (exact) mass is 378 g/mol. The maximum atomic E-state index is 12.2. The zero-order chi connectivity index (χ0) is 19.2. The van der Waals surface area contributed by atoms with Gasteiger partial charge >= 0.3 is 0 Å². The van der Waals surface area contributed by atoms with E-state index in [9.17, 15) is 13.2 Å². The van der Waals surface area contributed by atoms with Crippen LogP contribution in [-0.2, 0) is 14.8 Å². The summed E-state index contributed by atoms with van der Waals surface area (Å²) in [6.45, 7) is 2.12. The van der Waals surface area contributed by atoms with Crippen LogP contribution in [0.5, 0.6) is 11.5 Å². The number of rotatable bonds is 8. The van der Waals surface area contributed by atoms with Crippen molar-refractivity contribution in [3.05, 3.63) is 48.5 Å². The Morgan fingerprint density at radius 1 is 1.04 bits per heavy atom. The minimum atomic E-state index is -3.57. The quantitative estimate of drug-likeness (QED) is 0.762. The first kappa shape index (κ1) is 19.7. The number of anilines is 1. The SMILES string of the molecule is CCOc1ccccc1OCC(=O)Nc1cccc(S(=O)(=O)N(C)C)c1. The standard InChI is InChI=1S/C18H22N2O5S/c1-4-24-16-10-5-6-11-17(16)25-13-18(21)19-14-8-7-9-15(12-14)26(22,23)20(2)3/h5-12H,4,13H2,1-3H3,(H,19,21). The minimum absolute atomic E-state index is 0.0999. The van der Waals surface area contributed by atoms with Crippen molar-refractivity contribution < 1.29 is 22.7 Å². The van der Waals surface area contributed by atoms with Gasteiger partial charge in [0.1, 0.15) is 0 Å². The highest BCUT2D eigenvalue weighted by Gasteiger charge is 2.17. The summed E-state index contributed by atoms with van der Waals surface area (Å²) in [5.74, 6) is 0.617. The van der Waals surface area contributed by atoms with Gasteiger partial charge in [-0.05, 0) is 37.3 Å². The Kier molecular flexibility index (Phi) is 6.59. The van der Waals surface area contributed by atoms with Crippen LogP contribution in [0.1, 0.15) is 6.92 Å². The second-order valence-electron chi connectivity index (χ2n) is 5.53. The summed E-state index contributed by atoms with van der Waals surface area (Å²) in [7, 11) is -0.671. The van der Waals surface area contributed by atoms with Gasteiger partial charge in [-0.15, -0.1) is 0 Å². The van der Waals surface area contributed by atoms with Crippen molar-refractivity contribution >= 4 is 21.6 Å². The van der Waals surface area contributed by atoms with Crippen molar-refractivity contribution in [3.63, 3.8) is 0 Å². The molecule has 1 N–H and O–H groups in total. The van der Waals surface area contributed by atoms with Crippen LogP contribution < -0.4 is 14.8 Å². The van der Waals surface area contributed by atoms with E-state index in [1.54, 1.807) is 30.3 Å². The molecule has 26 heavy (non-hydrogen) atoms. The van der Waals surface area contributed by atoms with Crippen molar-refractivity contribution in [2.24, 2.45) is 0 Å². The van der Waals surface area contributed by atoms with Crippen molar-refractivity contribution in [2.45, 2.75) is 11.8 Å². The van der Waals surface area contributed by atoms with Gasteiger partial charge < -0.3 is 14.8 Å². The third-order valence-corrected chi connectivity index (χ3v) is 5.22. The Morgan fingerprint density at radius 3 is 2.31 bits per heavy atom. The van der Waals surface area contributed by atoms with Gasteiger partial charge in [-0.1, -0.05) is 18.2 Å². The molecule has 0 atom stereocenters. The summed E-state index contributed by atoms with van der Waals surface area (Å²) in [6.07, 6.45) is 0. The molecule has 8 heteroatoms. The third kappa shape index (κ3) is 4.96. The van der Waals surface area contributed by atoms with Gasteiger partial charge in [-0.2, -0.15) is 0 Å². The smallest absolute Gasteiger partial charge is 0.262 e. The summed E-state index contributed by atoms with van der Waals surface area (Å²) in [4.78, 5) is 12.2. The number of nitrogens with one attached hydrogen (secondary N) is 1. The number of nitrogens with zero attached hydrogens (tertiary/aromatic N) is 1. The number of ether oxygens (including phenoxy) is 2. The van der Waals surface area contributed by atoms with Crippen LogP contribution in [0.4, 0.5) is 5.69 Å². The highest BCUT2D eigenvalue weighted by molar-refractivity contribution is 7.89. The number of hydrogen-bond donors (Lipinski definition) is 1. The normalized spacial score (nSPS) is 11.2. The highest BCUT2D eigenvalue weighted by Crippen LogP contribution is 2.26. The van der Waals surface area contributed by atoms with Crippen molar-refractivity contribution in [1.29, 1.82) is 0 Å². The van der Waals surface area contributed by atoms with Gasteiger partial charge in [-0.25, -0.2) is 12.7 Å². The molecule has 2 aromatic rings. The van der Waals surface area contributed by atoms with Gasteiger partial charge in [-0.3, -0.25) is 4.79 Å². The van der Waals surface area contributed by atoms with Crippen molar-refractivity contribution in [2.75, 3.05) is 32.6 Å². The first-order chi connectivity index (χ1) is 12.3. The number of amides is 1. The van der Waals surface area contributed by atoms with E-state index in [2.05, 4.69) is 5.32 Å². The first-order valence-corrected chi connectivity index (χ1v) is 9.45. The number of benzene rings is 2. The van der Waals surface area contributed by atoms with Crippen LogP contribution in [0, 0.1) is 0 Å². The van der Waals surface area contributed by atoms with E-state index in [0.717, 1.165) is 4.31 Å². The average Bonchev–Trinajstić information content (AvgIpc) is 2.61. The first-order valence-electron chi connectivity index (χ1n) is 8.01. The molecule has 0 saturated carbocycles. The molecule has 0 fully saturated rings. The third-order valence-electron chi connectivity index (χ3n) is 3.40. The topological polar surface area (TPSA) is 84.9 Å². The van der Waals surface area contributed by atoms with Crippen LogP contribution in [0.3, 0.4) is 0 Å². The molecule has 1 amide bonds. The van der Waals surface area contributed by atoms with E-state index in [-0.39, 0.29) is 11.5 Å². The molecule has 0 heterocycles. The maximum Gasteiger partial charge on any atom is 0.262 e. The highest BCUT2D eigenvalue weighted by atomic mass is 32.2. The van der Waals surface area contributed by atoms with E-state index in [4.69, 9.17) is 9.47 Å². The van der Waals surface area contributed by atoms with Crippen LogP contribution in [-0.4, -0.2) is 45.9 Å². The Hall–Kier alpha value is -2.58. The van der Waals surface area contributed by atoms with E-state index < -0.39 is 15.9 Å². The fraction of sp³-hybridized carbons (Fsp3) is 0.278. The fourth-order valence-electron chi connectivity index (χ4n) is 2.13. The molecule has 7 nitrogen and oxygen atoms in total. The second-order valence-corrected chi connectivity index (χ2v) is 7.68. The molecule has 0 aromatic heterocycles.